The smallest absolute Gasteiger partial charge is 0.352 e. The Morgan fingerprint density at radius 1 is 1.16 bits per heavy atom. The molecule has 1 saturated heterocycles. The summed E-state index contributed by atoms with van der Waals surface area (Å²) < 4.78 is 38.2. The maximum atomic E-state index is 13.5. The van der Waals surface area contributed by atoms with Gasteiger partial charge in [-0.1, -0.05) is 19.1 Å². The number of hydrogen-bond donors (Lipinski definition) is 1. The second kappa shape index (κ2) is 8.93. The zero-order valence-electron chi connectivity index (χ0n) is 17.3. The van der Waals surface area contributed by atoms with Crippen molar-refractivity contribution in [3.63, 3.8) is 0 Å². The van der Waals surface area contributed by atoms with E-state index in [4.69, 9.17) is 0 Å². The van der Waals surface area contributed by atoms with E-state index in [1.165, 1.54) is 4.80 Å². The van der Waals surface area contributed by atoms with E-state index in [9.17, 15) is 18.0 Å². The second-order valence-electron chi connectivity index (χ2n) is 7.70. The van der Waals surface area contributed by atoms with Gasteiger partial charge in [-0.15, -0.1) is 0 Å². The standard InChI is InChI=1S/C21H22F3N7O/c1-14-5-4-10-30(18(14)13-27-20-25-11-15(12-26-20)21(22,23)24)19(32)16-6-2-3-7-17(16)31-28-8-9-29-31/h2-3,6-9,11-12,14,18H,4-5,10,13H2,1H3,(H,25,26,27)/t14?,18-/m1/s1. The fraction of sp³-hybridized carbons (Fsp3) is 0.381. The molecular formula is C21H22F3N7O. The number of anilines is 1. The highest BCUT2D eigenvalue weighted by atomic mass is 19.4. The van der Waals surface area contributed by atoms with Crippen LogP contribution in [0.2, 0.25) is 0 Å². The molecule has 1 aromatic carbocycles. The molecule has 1 aliphatic rings. The molecule has 1 aliphatic heterocycles. The van der Waals surface area contributed by atoms with Crippen LogP contribution in [0.4, 0.5) is 19.1 Å². The Bertz CT molecular complexity index is 1050. The zero-order valence-corrected chi connectivity index (χ0v) is 17.3. The van der Waals surface area contributed by atoms with Crippen LogP contribution in [-0.4, -0.2) is 54.9 Å². The summed E-state index contributed by atoms with van der Waals surface area (Å²) in [7, 11) is 0. The van der Waals surface area contributed by atoms with Crippen LogP contribution in [0.25, 0.3) is 5.69 Å². The Balaban J connectivity index is 1.53. The van der Waals surface area contributed by atoms with Gasteiger partial charge in [0.1, 0.15) is 0 Å². The maximum Gasteiger partial charge on any atom is 0.419 e. The lowest BCUT2D eigenvalue weighted by molar-refractivity contribution is -0.138. The molecule has 2 atom stereocenters. The number of aromatic nitrogens is 5. The molecule has 11 heteroatoms. The average Bonchev–Trinajstić information content (AvgIpc) is 3.32. The number of para-hydroxylation sites is 1. The summed E-state index contributed by atoms with van der Waals surface area (Å²) in [5.41, 5.74) is 0.154. The molecule has 168 valence electrons. The lowest BCUT2D eigenvalue weighted by Gasteiger charge is -2.40. The van der Waals surface area contributed by atoms with Crippen molar-refractivity contribution < 1.29 is 18.0 Å². The van der Waals surface area contributed by atoms with Crippen molar-refractivity contribution in [3.8, 4) is 5.69 Å². The fourth-order valence-electron chi connectivity index (χ4n) is 3.90. The number of nitrogens with one attached hydrogen (secondary N) is 1. The van der Waals surface area contributed by atoms with Gasteiger partial charge < -0.3 is 10.2 Å². The van der Waals surface area contributed by atoms with Crippen LogP contribution in [0.15, 0.2) is 49.1 Å². The van der Waals surface area contributed by atoms with Crippen molar-refractivity contribution in [1.82, 2.24) is 29.9 Å². The van der Waals surface area contributed by atoms with Gasteiger partial charge in [0.25, 0.3) is 5.91 Å². The number of alkyl halides is 3. The second-order valence-corrected chi connectivity index (χ2v) is 7.70. The molecule has 1 unspecified atom stereocenters. The van der Waals surface area contributed by atoms with Crippen LogP contribution in [0.5, 0.6) is 0 Å². The molecule has 1 amide bonds. The minimum Gasteiger partial charge on any atom is -0.352 e. The molecule has 1 N–H and O–H groups in total. The maximum absolute atomic E-state index is 13.5. The Hall–Kier alpha value is -3.50. The summed E-state index contributed by atoms with van der Waals surface area (Å²) in [4.78, 5) is 24.2. The highest BCUT2D eigenvalue weighted by Gasteiger charge is 2.34. The fourth-order valence-corrected chi connectivity index (χ4v) is 3.90. The number of carbonyl (C=O) groups excluding carboxylic acids is 1. The van der Waals surface area contributed by atoms with Crippen molar-refractivity contribution in [1.29, 1.82) is 0 Å². The number of rotatable bonds is 5. The van der Waals surface area contributed by atoms with Gasteiger partial charge in [-0.2, -0.15) is 28.2 Å². The molecule has 0 saturated carbocycles. The van der Waals surface area contributed by atoms with Gasteiger partial charge in [-0.3, -0.25) is 4.79 Å². The Kier molecular flexibility index (Phi) is 6.06. The van der Waals surface area contributed by atoms with Gasteiger partial charge in [0.2, 0.25) is 5.95 Å². The first kappa shape index (κ1) is 21.7. The number of nitrogens with zero attached hydrogens (tertiary/aromatic N) is 6. The van der Waals surface area contributed by atoms with Gasteiger partial charge in [0.05, 0.1) is 35.2 Å². The van der Waals surface area contributed by atoms with Crippen LogP contribution in [0.3, 0.4) is 0 Å². The lowest BCUT2D eigenvalue weighted by Crippen LogP contribution is -2.51. The first-order valence-corrected chi connectivity index (χ1v) is 10.2. The quantitative estimate of drug-likeness (QED) is 0.647. The number of piperidine rings is 1. The number of hydrogen-bond acceptors (Lipinski definition) is 6. The Morgan fingerprint density at radius 2 is 1.84 bits per heavy atom. The largest absolute Gasteiger partial charge is 0.419 e. The van der Waals surface area contributed by atoms with Crippen LogP contribution in [0, 0.1) is 5.92 Å². The monoisotopic (exact) mass is 445 g/mol. The Morgan fingerprint density at radius 3 is 2.53 bits per heavy atom. The van der Waals surface area contributed by atoms with E-state index >= 15 is 0 Å². The predicted molar refractivity (Wildman–Crippen MR) is 110 cm³/mol. The molecule has 8 nitrogen and oxygen atoms in total. The number of likely N-dealkylation sites (tertiary alicyclic amines) is 1. The van der Waals surface area contributed by atoms with Crippen LogP contribution >= 0.6 is 0 Å². The highest BCUT2D eigenvalue weighted by molar-refractivity contribution is 5.98. The van der Waals surface area contributed by atoms with E-state index in [2.05, 4.69) is 32.4 Å². The number of carbonyl (C=O) groups is 1. The highest BCUT2D eigenvalue weighted by Crippen LogP contribution is 2.29. The SMILES string of the molecule is CC1CCCN(C(=O)c2ccccc2-n2nccn2)[C@@H]1CNc1ncc(C(F)(F)F)cn1. The van der Waals surface area contributed by atoms with Crippen LogP contribution < -0.4 is 5.32 Å². The summed E-state index contributed by atoms with van der Waals surface area (Å²) in [6.45, 7) is 2.95. The molecule has 0 spiro atoms. The van der Waals surface area contributed by atoms with E-state index in [1.807, 2.05) is 6.07 Å². The molecule has 0 aliphatic carbocycles. The topological polar surface area (TPSA) is 88.8 Å². The third-order valence-electron chi connectivity index (χ3n) is 5.59. The van der Waals surface area contributed by atoms with Gasteiger partial charge in [-0.05, 0) is 30.9 Å². The summed E-state index contributed by atoms with van der Waals surface area (Å²) >= 11 is 0. The predicted octanol–water partition coefficient (Wildman–Crippen LogP) is 3.43. The first-order valence-electron chi connectivity index (χ1n) is 10.2. The van der Waals surface area contributed by atoms with Crippen molar-refractivity contribution in [2.24, 2.45) is 5.92 Å². The molecule has 0 radical (unpaired) electrons. The Labute approximate surface area is 182 Å². The first-order chi connectivity index (χ1) is 15.3. The van der Waals surface area contributed by atoms with Gasteiger partial charge in [0, 0.05) is 25.5 Å². The van der Waals surface area contributed by atoms with Crippen molar-refractivity contribution in [2.45, 2.75) is 32.0 Å². The lowest BCUT2D eigenvalue weighted by atomic mass is 9.90. The van der Waals surface area contributed by atoms with Gasteiger partial charge in [0.15, 0.2) is 0 Å². The minimum atomic E-state index is -4.49. The van der Waals surface area contributed by atoms with E-state index in [-0.39, 0.29) is 23.8 Å². The van der Waals surface area contributed by atoms with E-state index in [0.717, 1.165) is 25.2 Å². The molecule has 3 aromatic rings. The average molecular weight is 445 g/mol. The molecule has 32 heavy (non-hydrogen) atoms. The van der Waals surface area contributed by atoms with Crippen molar-refractivity contribution >= 4 is 11.9 Å². The molecule has 3 heterocycles. The van der Waals surface area contributed by atoms with Gasteiger partial charge >= 0.3 is 6.18 Å². The number of amides is 1. The number of halogens is 3. The molecular weight excluding hydrogens is 423 g/mol. The summed E-state index contributed by atoms with van der Waals surface area (Å²) in [5, 5.41) is 11.3. The van der Waals surface area contributed by atoms with E-state index in [0.29, 0.717) is 24.3 Å². The van der Waals surface area contributed by atoms with Crippen molar-refractivity contribution in [3.05, 3.63) is 60.2 Å². The summed E-state index contributed by atoms with van der Waals surface area (Å²) in [5.74, 6) is 0.124. The number of benzene rings is 1. The van der Waals surface area contributed by atoms with Crippen molar-refractivity contribution in [2.75, 3.05) is 18.4 Å². The van der Waals surface area contributed by atoms with Gasteiger partial charge in [-0.25, -0.2) is 9.97 Å². The third kappa shape index (κ3) is 4.56. The van der Waals surface area contributed by atoms with E-state index in [1.54, 1.807) is 35.5 Å². The third-order valence-corrected chi connectivity index (χ3v) is 5.59. The molecule has 1 fully saturated rings. The van der Waals surface area contributed by atoms with Crippen LogP contribution in [-0.2, 0) is 6.18 Å². The molecule has 0 bridgehead atoms. The molecule has 4 rings (SSSR count). The molecule has 2 aromatic heterocycles. The zero-order chi connectivity index (χ0) is 22.7. The summed E-state index contributed by atoms with van der Waals surface area (Å²) in [6, 6.07) is 6.95. The van der Waals surface area contributed by atoms with E-state index < -0.39 is 11.7 Å². The normalized spacial score (nSPS) is 19.1. The summed E-state index contributed by atoms with van der Waals surface area (Å²) in [6.07, 6.45) is 1.89. The minimum absolute atomic E-state index is 0.0873. The van der Waals surface area contributed by atoms with Crippen LogP contribution in [0.1, 0.15) is 35.7 Å².